The van der Waals surface area contributed by atoms with Crippen molar-refractivity contribution in [3.8, 4) is 21.9 Å². The van der Waals surface area contributed by atoms with Gasteiger partial charge in [-0.15, -0.1) is 11.3 Å². The molecule has 0 radical (unpaired) electrons. The maximum absolute atomic E-state index is 12.5. The molecule has 2 aromatic rings. The van der Waals surface area contributed by atoms with Gasteiger partial charge in [-0.3, -0.25) is 4.79 Å². The van der Waals surface area contributed by atoms with Crippen LogP contribution in [-0.2, 0) is 4.74 Å². The van der Waals surface area contributed by atoms with E-state index >= 15 is 0 Å². The molecule has 1 saturated heterocycles. The molecule has 0 unspecified atom stereocenters. The second-order valence-electron chi connectivity index (χ2n) is 5.43. The number of benzene rings is 1. The van der Waals surface area contributed by atoms with Crippen LogP contribution in [0.5, 0.6) is 11.5 Å². The maximum Gasteiger partial charge on any atom is 0.264 e. The minimum Gasteiger partial charge on any atom is -0.486 e. The van der Waals surface area contributed by atoms with Crippen LogP contribution in [-0.4, -0.2) is 50.3 Å². The molecule has 1 aromatic heterocycles. The van der Waals surface area contributed by atoms with Crippen molar-refractivity contribution in [2.75, 3.05) is 39.5 Å². The van der Waals surface area contributed by atoms with Gasteiger partial charge in [0.1, 0.15) is 13.2 Å². The number of hydrogen-bond acceptors (Lipinski definition) is 5. The number of rotatable bonds is 2. The summed E-state index contributed by atoms with van der Waals surface area (Å²) in [6.45, 7) is 3.72. The van der Waals surface area contributed by atoms with Gasteiger partial charge in [0.15, 0.2) is 11.5 Å². The van der Waals surface area contributed by atoms with Crippen LogP contribution >= 0.6 is 11.3 Å². The van der Waals surface area contributed by atoms with Gasteiger partial charge >= 0.3 is 0 Å². The summed E-state index contributed by atoms with van der Waals surface area (Å²) < 4.78 is 16.5. The minimum atomic E-state index is 0.0853. The summed E-state index contributed by atoms with van der Waals surface area (Å²) in [6.07, 6.45) is 0. The van der Waals surface area contributed by atoms with Gasteiger partial charge < -0.3 is 19.1 Å². The summed E-state index contributed by atoms with van der Waals surface area (Å²) in [5.41, 5.74) is 1.04. The van der Waals surface area contributed by atoms with Gasteiger partial charge in [0.25, 0.3) is 5.91 Å². The average Bonchev–Trinajstić information content (AvgIpc) is 3.11. The van der Waals surface area contributed by atoms with Gasteiger partial charge in [0.2, 0.25) is 0 Å². The van der Waals surface area contributed by atoms with Gasteiger partial charge in [-0.2, -0.15) is 0 Å². The summed E-state index contributed by atoms with van der Waals surface area (Å²) >= 11 is 1.51. The molecule has 6 heteroatoms. The number of morpholine rings is 1. The highest BCUT2D eigenvalue weighted by Gasteiger charge is 2.20. The van der Waals surface area contributed by atoms with E-state index in [0.717, 1.165) is 26.8 Å². The van der Waals surface area contributed by atoms with Crippen LogP contribution in [0.15, 0.2) is 30.3 Å². The molecule has 0 bridgehead atoms. The van der Waals surface area contributed by atoms with Crippen molar-refractivity contribution in [3.05, 3.63) is 35.2 Å². The van der Waals surface area contributed by atoms with E-state index in [-0.39, 0.29) is 5.91 Å². The fraction of sp³-hybridized carbons (Fsp3) is 0.353. The summed E-state index contributed by atoms with van der Waals surface area (Å²) in [5, 5.41) is 0. The number of fused-ring (bicyclic) bond motifs is 1. The molecule has 3 heterocycles. The SMILES string of the molecule is O=C(c1ccc(-c2ccc3c(c2)OCCO3)s1)N1CCOCC1. The highest BCUT2D eigenvalue weighted by Crippen LogP contribution is 2.37. The highest BCUT2D eigenvalue weighted by atomic mass is 32.1. The van der Waals surface area contributed by atoms with Crippen molar-refractivity contribution in [2.24, 2.45) is 0 Å². The van der Waals surface area contributed by atoms with E-state index in [1.807, 2.05) is 35.2 Å². The fourth-order valence-electron chi connectivity index (χ4n) is 2.73. The van der Waals surface area contributed by atoms with Crippen LogP contribution in [0.3, 0.4) is 0 Å². The van der Waals surface area contributed by atoms with Crippen molar-refractivity contribution >= 4 is 17.2 Å². The summed E-state index contributed by atoms with van der Waals surface area (Å²) in [6, 6.07) is 9.79. The predicted molar refractivity (Wildman–Crippen MR) is 87.5 cm³/mol. The Kier molecular flexibility index (Phi) is 3.93. The van der Waals surface area contributed by atoms with E-state index in [1.165, 1.54) is 11.3 Å². The summed E-state index contributed by atoms with van der Waals surface area (Å²) in [4.78, 5) is 16.2. The van der Waals surface area contributed by atoms with Gasteiger partial charge in [-0.25, -0.2) is 0 Å². The van der Waals surface area contributed by atoms with Crippen LogP contribution in [0, 0.1) is 0 Å². The van der Waals surface area contributed by atoms with Crippen LogP contribution in [0.25, 0.3) is 10.4 Å². The van der Waals surface area contributed by atoms with Crippen molar-refractivity contribution in [3.63, 3.8) is 0 Å². The molecule has 5 nitrogen and oxygen atoms in total. The number of hydrogen-bond donors (Lipinski definition) is 0. The zero-order valence-corrected chi connectivity index (χ0v) is 13.4. The average molecular weight is 331 g/mol. The molecule has 120 valence electrons. The Labute approximate surface area is 138 Å². The Hall–Kier alpha value is -2.05. The quantitative estimate of drug-likeness (QED) is 0.849. The molecular weight excluding hydrogens is 314 g/mol. The molecule has 4 rings (SSSR count). The van der Waals surface area contributed by atoms with E-state index < -0.39 is 0 Å². The molecule has 0 saturated carbocycles. The summed E-state index contributed by atoms with van der Waals surface area (Å²) in [7, 11) is 0. The van der Waals surface area contributed by atoms with Crippen molar-refractivity contribution in [2.45, 2.75) is 0 Å². The molecule has 0 N–H and O–H groups in total. The van der Waals surface area contributed by atoms with Crippen molar-refractivity contribution < 1.29 is 19.0 Å². The number of amides is 1. The van der Waals surface area contributed by atoms with E-state index in [1.54, 1.807) is 0 Å². The standard InChI is InChI=1S/C17H17NO4S/c19-17(18-5-7-20-8-6-18)16-4-3-15(23-16)12-1-2-13-14(11-12)22-10-9-21-13/h1-4,11H,5-10H2. The normalized spacial score (nSPS) is 17.1. The van der Waals surface area contributed by atoms with E-state index in [0.29, 0.717) is 39.5 Å². The predicted octanol–water partition coefficient (Wildman–Crippen LogP) is 2.66. The Morgan fingerprint density at radius 2 is 1.74 bits per heavy atom. The number of thiophene rings is 1. The Balaban J connectivity index is 1.56. The molecule has 23 heavy (non-hydrogen) atoms. The molecule has 2 aliphatic rings. The lowest BCUT2D eigenvalue weighted by atomic mass is 10.1. The number of ether oxygens (including phenoxy) is 3. The lowest BCUT2D eigenvalue weighted by Crippen LogP contribution is -2.40. The fourth-order valence-corrected chi connectivity index (χ4v) is 3.70. The third-order valence-electron chi connectivity index (χ3n) is 3.94. The second-order valence-corrected chi connectivity index (χ2v) is 6.51. The van der Waals surface area contributed by atoms with Crippen LogP contribution < -0.4 is 9.47 Å². The van der Waals surface area contributed by atoms with Crippen LogP contribution in [0.4, 0.5) is 0 Å². The number of carbonyl (C=O) groups excluding carboxylic acids is 1. The van der Waals surface area contributed by atoms with Gasteiger partial charge in [-0.05, 0) is 35.9 Å². The Morgan fingerprint density at radius 3 is 2.57 bits per heavy atom. The van der Waals surface area contributed by atoms with E-state index in [9.17, 15) is 4.79 Å². The van der Waals surface area contributed by atoms with Crippen molar-refractivity contribution in [1.29, 1.82) is 0 Å². The maximum atomic E-state index is 12.5. The zero-order chi connectivity index (χ0) is 15.6. The Morgan fingerprint density at radius 1 is 0.957 bits per heavy atom. The van der Waals surface area contributed by atoms with E-state index in [2.05, 4.69) is 0 Å². The monoisotopic (exact) mass is 331 g/mol. The topological polar surface area (TPSA) is 48.0 Å². The Bertz CT molecular complexity index is 721. The number of nitrogens with zero attached hydrogens (tertiary/aromatic N) is 1. The third-order valence-corrected chi connectivity index (χ3v) is 5.06. The molecular formula is C17H17NO4S. The van der Waals surface area contributed by atoms with Crippen LogP contribution in [0.2, 0.25) is 0 Å². The lowest BCUT2D eigenvalue weighted by molar-refractivity contribution is 0.0306. The molecule has 2 aliphatic heterocycles. The third kappa shape index (κ3) is 2.92. The second kappa shape index (κ2) is 6.22. The number of carbonyl (C=O) groups is 1. The molecule has 0 atom stereocenters. The summed E-state index contributed by atoms with van der Waals surface area (Å²) in [5.74, 6) is 1.63. The first kappa shape index (κ1) is 14.5. The minimum absolute atomic E-state index is 0.0853. The molecule has 1 aromatic carbocycles. The van der Waals surface area contributed by atoms with E-state index in [4.69, 9.17) is 14.2 Å². The molecule has 0 spiro atoms. The first-order chi connectivity index (χ1) is 11.3. The first-order valence-electron chi connectivity index (χ1n) is 7.68. The van der Waals surface area contributed by atoms with Gasteiger partial charge in [-0.1, -0.05) is 0 Å². The molecule has 0 aliphatic carbocycles. The highest BCUT2D eigenvalue weighted by molar-refractivity contribution is 7.17. The molecule has 1 amide bonds. The van der Waals surface area contributed by atoms with Crippen molar-refractivity contribution in [1.82, 2.24) is 4.90 Å². The van der Waals surface area contributed by atoms with Crippen LogP contribution in [0.1, 0.15) is 9.67 Å². The van der Waals surface area contributed by atoms with Gasteiger partial charge in [0, 0.05) is 18.0 Å². The first-order valence-corrected chi connectivity index (χ1v) is 8.50. The lowest BCUT2D eigenvalue weighted by Gasteiger charge is -2.26. The zero-order valence-electron chi connectivity index (χ0n) is 12.6. The molecule has 1 fully saturated rings. The van der Waals surface area contributed by atoms with Gasteiger partial charge in [0.05, 0.1) is 18.1 Å². The largest absolute Gasteiger partial charge is 0.486 e. The smallest absolute Gasteiger partial charge is 0.264 e.